The highest BCUT2D eigenvalue weighted by Crippen LogP contribution is 2.20. The largest absolute Gasteiger partial charge is 0.480 e. The van der Waals surface area contributed by atoms with E-state index in [4.69, 9.17) is 5.11 Å². The Bertz CT molecular complexity index is 342. The smallest absolute Gasteiger partial charge is 0.320 e. The van der Waals surface area contributed by atoms with Crippen LogP contribution in [-0.2, 0) is 9.59 Å². The summed E-state index contributed by atoms with van der Waals surface area (Å²) >= 11 is 0. The fourth-order valence-electron chi connectivity index (χ4n) is 2.33. The first-order valence-electron chi connectivity index (χ1n) is 6.87. The minimum atomic E-state index is -0.811. The van der Waals surface area contributed by atoms with Crippen molar-refractivity contribution in [2.24, 2.45) is 5.92 Å². The average molecular weight is 268 g/mol. The Hall–Kier alpha value is -1.36. The maximum absolute atomic E-state index is 11.1. The van der Waals surface area contributed by atoms with Gasteiger partial charge in [-0.3, -0.25) is 14.5 Å². The number of hydrogen-bond donors (Lipinski definition) is 2. The topological polar surface area (TPSA) is 69.6 Å². The summed E-state index contributed by atoms with van der Waals surface area (Å²) in [5.74, 6) is -0.373. The third kappa shape index (κ3) is 5.87. The molecule has 2 N–H and O–H groups in total. The van der Waals surface area contributed by atoms with E-state index in [1.165, 1.54) is 6.92 Å². The molecule has 0 saturated carbocycles. The van der Waals surface area contributed by atoms with Crippen molar-refractivity contribution in [1.82, 2.24) is 10.2 Å². The van der Waals surface area contributed by atoms with Crippen LogP contribution in [0.5, 0.6) is 0 Å². The molecule has 0 aliphatic heterocycles. The molecule has 0 bridgehead atoms. The molecule has 5 nitrogen and oxygen atoms in total. The van der Waals surface area contributed by atoms with Gasteiger partial charge in [-0.05, 0) is 32.1 Å². The molecule has 0 aromatic carbocycles. The highest BCUT2D eigenvalue weighted by molar-refractivity contribution is 5.73. The zero-order chi connectivity index (χ0) is 14.3. The third-order valence-electron chi connectivity index (χ3n) is 3.55. The Kier molecular flexibility index (Phi) is 6.56. The van der Waals surface area contributed by atoms with Gasteiger partial charge in [0.15, 0.2) is 0 Å². The summed E-state index contributed by atoms with van der Waals surface area (Å²) in [6, 6.07) is -0.514. The molecule has 1 aliphatic rings. The Morgan fingerprint density at radius 2 is 2.21 bits per heavy atom. The normalized spacial score (nSPS) is 20.3. The fraction of sp³-hybridized carbons (Fsp3) is 0.714. The molecule has 0 aromatic rings. The molecule has 2 unspecified atom stereocenters. The van der Waals surface area contributed by atoms with Gasteiger partial charge in [0.1, 0.15) is 6.04 Å². The van der Waals surface area contributed by atoms with E-state index in [0.717, 1.165) is 25.8 Å². The number of carbonyl (C=O) groups excluding carboxylic acids is 1. The van der Waals surface area contributed by atoms with E-state index in [1.807, 2.05) is 4.90 Å². The zero-order valence-electron chi connectivity index (χ0n) is 11.8. The summed E-state index contributed by atoms with van der Waals surface area (Å²) in [5, 5.41) is 11.9. The van der Waals surface area contributed by atoms with Crippen LogP contribution in [0.1, 0.15) is 33.1 Å². The maximum atomic E-state index is 11.1. The number of carboxylic acid groups (broad SMARTS) is 1. The lowest BCUT2D eigenvalue weighted by molar-refractivity contribution is -0.142. The van der Waals surface area contributed by atoms with Gasteiger partial charge in [0.2, 0.25) is 5.91 Å². The van der Waals surface area contributed by atoms with Gasteiger partial charge in [-0.1, -0.05) is 12.2 Å². The second-order valence-electron chi connectivity index (χ2n) is 5.14. The van der Waals surface area contributed by atoms with Gasteiger partial charge in [-0.25, -0.2) is 0 Å². The molecule has 5 heteroatoms. The Balaban J connectivity index is 2.50. The van der Waals surface area contributed by atoms with E-state index in [9.17, 15) is 9.59 Å². The number of amides is 1. The Morgan fingerprint density at radius 3 is 2.74 bits per heavy atom. The molecule has 0 spiro atoms. The molecule has 0 radical (unpaired) electrons. The number of rotatable bonds is 7. The van der Waals surface area contributed by atoms with Crippen LogP contribution in [0.25, 0.3) is 0 Å². The lowest BCUT2D eigenvalue weighted by Crippen LogP contribution is -2.45. The van der Waals surface area contributed by atoms with Crippen molar-refractivity contribution in [1.29, 1.82) is 0 Å². The van der Waals surface area contributed by atoms with Crippen LogP contribution in [0.15, 0.2) is 12.2 Å². The van der Waals surface area contributed by atoms with Crippen molar-refractivity contribution < 1.29 is 14.7 Å². The SMILES string of the molecule is CC(=O)NCCN(CC1CC=CCC1)C(C)C(=O)O. The fourth-order valence-corrected chi connectivity index (χ4v) is 2.33. The first-order chi connectivity index (χ1) is 9.00. The van der Waals surface area contributed by atoms with E-state index in [0.29, 0.717) is 19.0 Å². The second kappa shape index (κ2) is 7.94. The van der Waals surface area contributed by atoms with Gasteiger partial charge < -0.3 is 10.4 Å². The van der Waals surface area contributed by atoms with Gasteiger partial charge in [-0.2, -0.15) is 0 Å². The maximum Gasteiger partial charge on any atom is 0.320 e. The van der Waals surface area contributed by atoms with Crippen molar-refractivity contribution >= 4 is 11.9 Å². The van der Waals surface area contributed by atoms with Crippen LogP contribution in [0.2, 0.25) is 0 Å². The van der Waals surface area contributed by atoms with Crippen LogP contribution >= 0.6 is 0 Å². The van der Waals surface area contributed by atoms with Gasteiger partial charge in [0.25, 0.3) is 0 Å². The minimum Gasteiger partial charge on any atom is -0.480 e. The number of nitrogens with zero attached hydrogens (tertiary/aromatic N) is 1. The van der Waals surface area contributed by atoms with Gasteiger partial charge in [0, 0.05) is 26.6 Å². The Labute approximate surface area is 114 Å². The van der Waals surface area contributed by atoms with Crippen molar-refractivity contribution in [3.05, 3.63) is 12.2 Å². The summed E-state index contributed by atoms with van der Waals surface area (Å²) in [6.45, 7) is 5.02. The number of hydrogen-bond acceptors (Lipinski definition) is 3. The molecule has 0 heterocycles. The lowest BCUT2D eigenvalue weighted by atomic mass is 9.93. The van der Waals surface area contributed by atoms with Crippen LogP contribution in [0.4, 0.5) is 0 Å². The summed E-state index contributed by atoms with van der Waals surface area (Å²) in [6.07, 6.45) is 7.55. The first kappa shape index (κ1) is 15.7. The monoisotopic (exact) mass is 268 g/mol. The highest BCUT2D eigenvalue weighted by atomic mass is 16.4. The van der Waals surface area contributed by atoms with Gasteiger partial charge in [0.05, 0.1) is 0 Å². The number of nitrogens with one attached hydrogen (secondary N) is 1. The van der Waals surface area contributed by atoms with E-state index in [2.05, 4.69) is 17.5 Å². The molecule has 0 saturated heterocycles. The molecule has 0 fully saturated rings. The summed E-state index contributed by atoms with van der Waals surface area (Å²) in [4.78, 5) is 23.9. The van der Waals surface area contributed by atoms with Gasteiger partial charge in [-0.15, -0.1) is 0 Å². The van der Waals surface area contributed by atoms with Crippen LogP contribution in [0.3, 0.4) is 0 Å². The summed E-state index contributed by atoms with van der Waals surface area (Å²) < 4.78 is 0. The summed E-state index contributed by atoms with van der Waals surface area (Å²) in [5.41, 5.74) is 0. The van der Waals surface area contributed by atoms with Crippen molar-refractivity contribution in [2.45, 2.75) is 39.2 Å². The predicted molar refractivity (Wildman–Crippen MR) is 73.8 cm³/mol. The highest BCUT2D eigenvalue weighted by Gasteiger charge is 2.23. The number of carboxylic acids is 1. The number of aliphatic carboxylic acids is 1. The second-order valence-corrected chi connectivity index (χ2v) is 5.14. The zero-order valence-corrected chi connectivity index (χ0v) is 11.8. The van der Waals surface area contributed by atoms with Crippen LogP contribution in [-0.4, -0.2) is 47.6 Å². The van der Waals surface area contributed by atoms with Gasteiger partial charge >= 0.3 is 5.97 Å². The Morgan fingerprint density at radius 1 is 1.47 bits per heavy atom. The average Bonchev–Trinajstić information content (AvgIpc) is 2.37. The molecular weight excluding hydrogens is 244 g/mol. The number of allylic oxidation sites excluding steroid dienone is 2. The van der Waals surface area contributed by atoms with E-state index < -0.39 is 12.0 Å². The molecule has 2 atom stereocenters. The molecular formula is C14H24N2O3. The lowest BCUT2D eigenvalue weighted by Gasteiger charge is -2.31. The van der Waals surface area contributed by atoms with Crippen molar-refractivity contribution in [3.8, 4) is 0 Å². The van der Waals surface area contributed by atoms with E-state index in [-0.39, 0.29) is 5.91 Å². The van der Waals surface area contributed by atoms with E-state index in [1.54, 1.807) is 6.92 Å². The molecule has 1 aliphatic carbocycles. The minimum absolute atomic E-state index is 0.0801. The molecule has 108 valence electrons. The van der Waals surface area contributed by atoms with Crippen molar-refractivity contribution in [2.75, 3.05) is 19.6 Å². The molecule has 0 aromatic heterocycles. The molecule has 1 amide bonds. The third-order valence-corrected chi connectivity index (χ3v) is 3.55. The standard InChI is InChI=1S/C14H24N2O3/c1-11(14(18)19)16(9-8-15-12(2)17)10-13-6-4-3-5-7-13/h3-4,11,13H,5-10H2,1-2H3,(H,15,17)(H,18,19). The van der Waals surface area contributed by atoms with Crippen LogP contribution in [0, 0.1) is 5.92 Å². The molecule has 1 rings (SSSR count). The van der Waals surface area contributed by atoms with Crippen molar-refractivity contribution in [3.63, 3.8) is 0 Å². The quantitative estimate of drug-likeness (QED) is 0.682. The molecule has 19 heavy (non-hydrogen) atoms. The first-order valence-corrected chi connectivity index (χ1v) is 6.87. The number of carbonyl (C=O) groups is 2. The van der Waals surface area contributed by atoms with E-state index >= 15 is 0 Å². The van der Waals surface area contributed by atoms with Crippen LogP contribution < -0.4 is 5.32 Å². The summed E-state index contributed by atoms with van der Waals surface area (Å²) in [7, 11) is 0. The predicted octanol–water partition coefficient (Wildman–Crippen LogP) is 1.25.